The maximum atomic E-state index is 12.9. The summed E-state index contributed by atoms with van der Waals surface area (Å²) in [4.78, 5) is 27.5. The molecule has 4 rings (SSSR count). The first-order valence-corrected chi connectivity index (χ1v) is 10.6. The lowest BCUT2D eigenvalue weighted by Gasteiger charge is -2.39. The number of ether oxygens (including phenoxy) is 3. The average Bonchev–Trinajstić information content (AvgIpc) is 3.18. The standard InChI is InChI=1S/C21H26ClN3O5/c1-2-28-19(26)17-16(13-25-9-7-21(8-10-25)29-11-12-30-21)23-20(27)24-18(17)14-5-3-4-6-15(14)22/h3-6,18H,2,7-13H2,1H3,(H2,23,24,27)/t18-/m1/s1. The number of hydrogen-bond donors (Lipinski definition) is 2. The fourth-order valence-electron chi connectivity index (χ4n) is 4.20. The van der Waals surface area contributed by atoms with Gasteiger partial charge in [-0.05, 0) is 18.6 Å². The van der Waals surface area contributed by atoms with E-state index >= 15 is 0 Å². The van der Waals surface area contributed by atoms with Gasteiger partial charge >= 0.3 is 12.0 Å². The summed E-state index contributed by atoms with van der Waals surface area (Å²) in [7, 11) is 0. The number of nitrogens with zero attached hydrogens (tertiary/aromatic N) is 1. The summed E-state index contributed by atoms with van der Waals surface area (Å²) in [5.41, 5.74) is 1.56. The Kier molecular flexibility index (Phi) is 6.29. The van der Waals surface area contributed by atoms with Crippen molar-refractivity contribution in [3.8, 4) is 0 Å². The number of rotatable bonds is 5. The number of hydrogen-bond acceptors (Lipinski definition) is 6. The summed E-state index contributed by atoms with van der Waals surface area (Å²) >= 11 is 6.38. The topological polar surface area (TPSA) is 89.1 Å². The quantitative estimate of drug-likeness (QED) is 0.690. The Morgan fingerprint density at radius 1 is 1.27 bits per heavy atom. The molecule has 2 amide bonds. The summed E-state index contributed by atoms with van der Waals surface area (Å²) in [6, 6.07) is 6.11. The Morgan fingerprint density at radius 2 is 1.97 bits per heavy atom. The summed E-state index contributed by atoms with van der Waals surface area (Å²) in [5, 5.41) is 6.11. The van der Waals surface area contributed by atoms with E-state index in [0.29, 0.717) is 41.6 Å². The molecule has 30 heavy (non-hydrogen) atoms. The van der Waals surface area contributed by atoms with Crippen LogP contribution in [0.4, 0.5) is 4.79 Å². The third-order valence-electron chi connectivity index (χ3n) is 5.68. The van der Waals surface area contributed by atoms with E-state index in [-0.39, 0.29) is 12.6 Å². The first-order valence-electron chi connectivity index (χ1n) is 10.2. The second-order valence-corrected chi connectivity index (χ2v) is 7.96. The second-order valence-electron chi connectivity index (χ2n) is 7.55. The SMILES string of the molecule is CCOC(=O)C1=C(CN2CCC3(CC2)OCCO3)NC(=O)N[C@@H]1c1ccccc1Cl. The van der Waals surface area contributed by atoms with Crippen molar-refractivity contribution >= 4 is 23.6 Å². The Morgan fingerprint density at radius 3 is 2.63 bits per heavy atom. The molecule has 1 aromatic carbocycles. The van der Waals surface area contributed by atoms with Crippen LogP contribution in [0.25, 0.3) is 0 Å². The van der Waals surface area contributed by atoms with Gasteiger partial charge < -0.3 is 24.8 Å². The molecule has 2 N–H and O–H groups in total. The molecule has 1 atom stereocenters. The van der Waals surface area contributed by atoms with Gasteiger partial charge in [-0.3, -0.25) is 4.90 Å². The molecule has 3 heterocycles. The van der Waals surface area contributed by atoms with Gasteiger partial charge in [0, 0.05) is 43.2 Å². The zero-order chi connectivity index (χ0) is 21.1. The van der Waals surface area contributed by atoms with Crippen LogP contribution >= 0.6 is 11.6 Å². The predicted molar refractivity (Wildman–Crippen MR) is 110 cm³/mol. The molecule has 8 nitrogen and oxygen atoms in total. The molecule has 162 valence electrons. The summed E-state index contributed by atoms with van der Waals surface area (Å²) in [5.74, 6) is -0.951. The Labute approximate surface area is 180 Å². The number of carbonyl (C=O) groups is 2. The number of nitrogens with one attached hydrogen (secondary N) is 2. The molecule has 9 heteroatoms. The van der Waals surface area contributed by atoms with Crippen LogP contribution in [-0.4, -0.2) is 62.1 Å². The van der Waals surface area contributed by atoms with Gasteiger partial charge in [0.25, 0.3) is 0 Å². The van der Waals surface area contributed by atoms with Crippen LogP contribution in [0.3, 0.4) is 0 Å². The predicted octanol–water partition coefficient (Wildman–Crippen LogP) is 2.35. The van der Waals surface area contributed by atoms with Crippen molar-refractivity contribution in [1.82, 2.24) is 15.5 Å². The molecule has 0 saturated carbocycles. The summed E-state index contributed by atoms with van der Waals surface area (Å²) < 4.78 is 16.9. The van der Waals surface area contributed by atoms with E-state index in [1.807, 2.05) is 6.07 Å². The monoisotopic (exact) mass is 435 g/mol. The van der Waals surface area contributed by atoms with E-state index in [1.165, 1.54) is 0 Å². The number of esters is 1. The average molecular weight is 436 g/mol. The zero-order valence-corrected chi connectivity index (χ0v) is 17.7. The van der Waals surface area contributed by atoms with Crippen LogP contribution in [0.2, 0.25) is 5.02 Å². The van der Waals surface area contributed by atoms with Gasteiger partial charge in [0.1, 0.15) is 0 Å². The van der Waals surface area contributed by atoms with Gasteiger partial charge in [0.2, 0.25) is 0 Å². The number of urea groups is 1. The van der Waals surface area contributed by atoms with E-state index in [2.05, 4.69) is 15.5 Å². The molecule has 0 aromatic heterocycles. The molecule has 0 aliphatic carbocycles. The van der Waals surface area contributed by atoms with Crippen molar-refractivity contribution in [2.45, 2.75) is 31.6 Å². The van der Waals surface area contributed by atoms with Crippen molar-refractivity contribution in [1.29, 1.82) is 0 Å². The lowest BCUT2D eigenvalue weighted by Crippen LogP contribution is -2.51. The lowest BCUT2D eigenvalue weighted by atomic mass is 9.94. The number of piperidine rings is 1. The van der Waals surface area contributed by atoms with Crippen LogP contribution in [-0.2, 0) is 19.0 Å². The molecule has 3 aliphatic rings. The highest BCUT2D eigenvalue weighted by molar-refractivity contribution is 6.31. The molecular formula is C21H26ClN3O5. The van der Waals surface area contributed by atoms with Gasteiger partial charge in [0.05, 0.1) is 31.4 Å². The van der Waals surface area contributed by atoms with Gasteiger partial charge in [-0.2, -0.15) is 0 Å². The highest BCUT2D eigenvalue weighted by atomic mass is 35.5. The Bertz CT molecular complexity index is 843. The van der Waals surface area contributed by atoms with Crippen LogP contribution in [0.1, 0.15) is 31.4 Å². The van der Waals surface area contributed by atoms with E-state index in [4.69, 9.17) is 25.8 Å². The third kappa shape index (κ3) is 4.32. The molecule has 1 aromatic rings. The van der Waals surface area contributed by atoms with Crippen LogP contribution < -0.4 is 10.6 Å². The maximum absolute atomic E-state index is 12.9. The normalized spacial score (nSPS) is 23.9. The van der Waals surface area contributed by atoms with Crippen molar-refractivity contribution in [2.24, 2.45) is 0 Å². The summed E-state index contributed by atoms with van der Waals surface area (Å²) in [6.07, 6.45) is 1.49. The highest BCUT2D eigenvalue weighted by Crippen LogP contribution is 2.34. The number of likely N-dealkylation sites (tertiary alicyclic amines) is 1. The fourth-order valence-corrected chi connectivity index (χ4v) is 4.44. The van der Waals surface area contributed by atoms with E-state index in [9.17, 15) is 9.59 Å². The minimum Gasteiger partial charge on any atom is -0.463 e. The molecule has 0 bridgehead atoms. The molecular weight excluding hydrogens is 410 g/mol. The first-order chi connectivity index (χ1) is 14.5. The van der Waals surface area contributed by atoms with Crippen LogP contribution in [0, 0.1) is 0 Å². The minimum absolute atomic E-state index is 0.236. The van der Waals surface area contributed by atoms with Gasteiger partial charge in [-0.15, -0.1) is 0 Å². The Balaban J connectivity index is 1.61. The number of halogens is 1. The fraction of sp³-hybridized carbons (Fsp3) is 0.524. The number of carbonyl (C=O) groups excluding carboxylic acids is 2. The highest BCUT2D eigenvalue weighted by Gasteiger charge is 2.41. The van der Waals surface area contributed by atoms with Crippen molar-refractivity contribution in [2.75, 3.05) is 39.5 Å². The van der Waals surface area contributed by atoms with Gasteiger partial charge in [0.15, 0.2) is 5.79 Å². The van der Waals surface area contributed by atoms with Gasteiger partial charge in [-0.1, -0.05) is 29.8 Å². The molecule has 3 aliphatic heterocycles. The maximum Gasteiger partial charge on any atom is 0.338 e. The second kappa shape index (κ2) is 8.93. The Hall–Kier alpha value is -2.13. The lowest BCUT2D eigenvalue weighted by molar-refractivity contribution is -0.184. The zero-order valence-electron chi connectivity index (χ0n) is 16.9. The first kappa shape index (κ1) is 21.1. The van der Waals surface area contributed by atoms with Crippen LogP contribution in [0.5, 0.6) is 0 Å². The molecule has 0 radical (unpaired) electrons. The number of amides is 2. The summed E-state index contributed by atoms with van der Waals surface area (Å²) in [6.45, 7) is 5.12. The molecule has 1 spiro atoms. The smallest absolute Gasteiger partial charge is 0.338 e. The minimum atomic E-state index is -0.681. The molecule has 2 fully saturated rings. The van der Waals surface area contributed by atoms with E-state index < -0.39 is 17.8 Å². The largest absolute Gasteiger partial charge is 0.463 e. The van der Waals surface area contributed by atoms with E-state index in [1.54, 1.807) is 25.1 Å². The third-order valence-corrected chi connectivity index (χ3v) is 6.02. The molecule has 0 unspecified atom stereocenters. The van der Waals surface area contributed by atoms with Crippen LogP contribution in [0.15, 0.2) is 35.5 Å². The molecule has 2 saturated heterocycles. The van der Waals surface area contributed by atoms with Crippen molar-refractivity contribution < 1.29 is 23.8 Å². The van der Waals surface area contributed by atoms with Gasteiger partial charge in [-0.25, -0.2) is 9.59 Å². The number of benzene rings is 1. The van der Waals surface area contributed by atoms with Crippen molar-refractivity contribution in [3.63, 3.8) is 0 Å². The van der Waals surface area contributed by atoms with E-state index in [0.717, 1.165) is 25.9 Å². The van der Waals surface area contributed by atoms with Crippen molar-refractivity contribution in [3.05, 3.63) is 46.1 Å².